The number of aryl methyl sites for hydroxylation is 2. The molecule has 13 heavy (non-hydrogen) atoms. The van der Waals surface area contributed by atoms with Gasteiger partial charge in [-0.05, 0) is 36.6 Å². The van der Waals surface area contributed by atoms with Crippen LogP contribution in [0.15, 0.2) is 12.1 Å². The molecular weight excluding hydrogens is 164 g/mol. The minimum absolute atomic E-state index is 0.0396. The second kappa shape index (κ2) is 3.47. The maximum Gasteiger partial charge on any atom is 0.122 e. The minimum atomic E-state index is 0.0396. The first-order chi connectivity index (χ1) is 6.06. The van der Waals surface area contributed by atoms with Gasteiger partial charge in [0.05, 0.1) is 0 Å². The van der Waals surface area contributed by atoms with Crippen LogP contribution in [0.3, 0.4) is 0 Å². The fourth-order valence-electron chi connectivity index (χ4n) is 1.28. The Morgan fingerprint density at radius 1 is 1.54 bits per heavy atom. The molecule has 1 aromatic rings. The zero-order chi connectivity index (χ0) is 10.0. The number of phenolic OH excluding ortho intramolecular Hbond substituents is 1. The van der Waals surface area contributed by atoms with E-state index in [1.807, 2.05) is 6.92 Å². The highest BCUT2D eigenvalue weighted by atomic mass is 16.3. The minimum Gasteiger partial charge on any atom is -0.507 e. The Morgan fingerprint density at radius 2 is 2.15 bits per heavy atom. The van der Waals surface area contributed by atoms with Crippen molar-refractivity contribution in [2.45, 2.75) is 20.3 Å². The molecule has 0 heterocycles. The standard InChI is InChI=1S/C10H14N2O/c1-3-7-5-8(10(11)12)4-6(2)9(7)13/h4-5,13H,3H2,1-2H3,(H3,11,12). The number of hydrogen-bond donors (Lipinski definition) is 3. The first kappa shape index (κ1) is 9.58. The predicted octanol–water partition coefficient (Wildman–Crippen LogP) is 1.55. The summed E-state index contributed by atoms with van der Waals surface area (Å²) in [4.78, 5) is 0. The lowest BCUT2D eigenvalue weighted by molar-refractivity contribution is 0.464. The quantitative estimate of drug-likeness (QED) is 0.475. The van der Waals surface area contributed by atoms with E-state index in [2.05, 4.69) is 0 Å². The molecular formula is C10H14N2O. The number of nitrogen functional groups attached to an aromatic ring is 1. The number of nitrogens with two attached hydrogens (primary N) is 1. The van der Waals surface area contributed by atoms with Crippen molar-refractivity contribution in [1.29, 1.82) is 5.41 Å². The molecule has 0 aliphatic rings. The van der Waals surface area contributed by atoms with E-state index in [-0.39, 0.29) is 5.84 Å². The van der Waals surface area contributed by atoms with E-state index in [1.54, 1.807) is 19.1 Å². The van der Waals surface area contributed by atoms with Crippen LogP contribution < -0.4 is 5.73 Å². The summed E-state index contributed by atoms with van der Waals surface area (Å²) >= 11 is 0. The SMILES string of the molecule is CCc1cc(C(=N)N)cc(C)c1O. The van der Waals surface area contributed by atoms with Gasteiger partial charge in [-0.15, -0.1) is 0 Å². The van der Waals surface area contributed by atoms with Crippen LogP contribution in [0.5, 0.6) is 5.75 Å². The Kier molecular flexibility index (Phi) is 2.56. The van der Waals surface area contributed by atoms with E-state index in [0.29, 0.717) is 11.3 Å². The summed E-state index contributed by atoms with van der Waals surface area (Å²) in [6, 6.07) is 3.47. The molecule has 0 bridgehead atoms. The van der Waals surface area contributed by atoms with E-state index in [1.165, 1.54) is 0 Å². The van der Waals surface area contributed by atoms with Gasteiger partial charge < -0.3 is 10.8 Å². The molecule has 0 spiro atoms. The first-order valence-corrected chi connectivity index (χ1v) is 4.23. The fraction of sp³-hybridized carbons (Fsp3) is 0.300. The Morgan fingerprint density at radius 3 is 2.62 bits per heavy atom. The van der Waals surface area contributed by atoms with Gasteiger partial charge in [-0.3, -0.25) is 5.41 Å². The van der Waals surface area contributed by atoms with Crippen LogP contribution in [-0.4, -0.2) is 10.9 Å². The van der Waals surface area contributed by atoms with Gasteiger partial charge in [0, 0.05) is 5.56 Å². The van der Waals surface area contributed by atoms with Crippen molar-refractivity contribution in [1.82, 2.24) is 0 Å². The summed E-state index contributed by atoms with van der Waals surface area (Å²) in [5, 5.41) is 16.9. The zero-order valence-corrected chi connectivity index (χ0v) is 7.89. The Bertz CT molecular complexity index is 345. The molecule has 3 heteroatoms. The number of aromatic hydroxyl groups is 1. The maximum absolute atomic E-state index is 9.59. The Hall–Kier alpha value is -1.51. The number of nitrogens with one attached hydrogen (secondary N) is 1. The summed E-state index contributed by atoms with van der Waals surface area (Å²) in [7, 11) is 0. The average molecular weight is 178 g/mol. The topological polar surface area (TPSA) is 70.1 Å². The van der Waals surface area contributed by atoms with E-state index in [9.17, 15) is 5.11 Å². The van der Waals surface area contributed by atoms with Crippen molar-refractivity contribution in [2.75, 3.05) is 0 Å². The van der Waals surface area contributed by atoms with Crippen LogP contribution in [0.1, 0.15) is 23.6 Å². The van der Waals surface area contributed by atoms with Crippen LogP contribution in [-0.2, 0) is 6.42 Å². The van der Waals surface area contributed by atoms with Crippen molar-refractivity contribution >= 4 is 5.84 Å². The van der Waals surface area contributed by atoms with Gasteiger partial charge in [0.1, 0.15) is 11.6 Å². The first-order valence-electron chi connectivity index (χ1n) is 4.23. The van der Waals surface area contributed by atoms with Crippen molar-refractivity contribution in [2.24, 2.45) is 5.73 Å². The van der Waals surface area contributed by atoms with Crippen LogP contribution in [0, 0.1) is 12.3 Å². The van der Waals surface area contributed by atoms with Gasteiger partial charge in [0.2, 0.25) is 0 Å². The molecule has 1 rings (SSSR count). The monoisotopic (exact) mass is 178 g/mol. The van der Waals surface area contributed by atoms with Crippen molar-refractivity contribution < 1.29 is 5.11 Å². The normalized spacial score (nSPS) is 10.0. The molecule has 1 aromatic carbocycles. The van der Waals surface area contributed by atoms with Crippen LogP contribution in [0.2, 0.25) is 0 Å². The maximum atomic E-state index is 9.59. The molecule has 0 fully saturated rings. The molecule has 0 saturated heterocycles. The molecule has 0 aliphatic carbocycles. The van der Waals surface area contributed by atoms with Crippen LogP contribution >= 0.6 is 0 Å². The van der Waals surface area contributed by atoms with Gasteiger partial charge in [-0.1, -0.05) is 6.92 Å². The van der Waals surface area contributed by atoms with E-state index >= 15 is 0 Å². The average Bonchev–Trinajstić information content (AvgIpc) is 2.09. The van der Waals surface area contributed by atoms with Gasteiger partial charge in [-0.25, -0.2) is 0 Å². The molecule has 0 radical (unpaired) electrons. The lowest BCUT2D eigenvalue weighted by Crippen LogP contribution is -2.11. The zero-order valence-electron chi connectivity index (χ0n) is 7.89. The van der Waals surface area contributed by atoms with Gasteiger partial charge in [0.25, 0.3) is 0 Å². The summed E-state index contributed by atoms with van der Waals surface area (Å²) in [5.74, 6) is 0.352. The third-order valence-corrected chi connectivity index (χ3v) is 2.07. The van der Waals surface area contributed by atoms with Crippen molar-refractivity contribution in [3.05, 3.63) is 28.8 Å². The number of amidine groups is 1. The van der Waals surface area contributed by atoms with E-state index in [0.717, 1.165) is 17.5 Å². The highest BCUT2D eigenvalue weighted by Gasteiger charge is 2.06. The smallest absolute Gasteiger partial charge is 0.122 e. The number of phenols is 1. The van der Waals surface area contributed by atoms with Gasteiger partial charge in [0.15, 0.2) is 0 Å². The van der Waals surface area contributed by atoms with Gasteiger partial charge >= 0.3 is 0 Å². The Labute approximate surface area is 77.7 Å². The summed E-state index contributed by atoms with van der Waals surface area (Å²) in [6.45, 7) is 3.76. The van der Waals surface area contributed by atoms with Gasteiger partial charge in [-0.2, -0.15) is 0 Å². The number of benzene rings is 1. The molecule has 0 saturated carbocycles. The van der Waals surface area contributed by atoms with E-state index < -0.39 is 0 Å². The Balaban J connectivity index is 3.30. The summed E-state index contributed by atoms with van der Waals surface area (Å²) in [5.41, 5.74) is 7.64. The largest absolute Gasteiger partial charge is 0.507 e. The molecule has 4 N–H and O–H groups in total. The van der Waals surface area contributed by atoms with Crippen molar-refractivity contribution in [3.63, 3.8) is 0 Å². The third-order valence-electron chi connectivity index (χ3n) is 2.07. The third kappa shape index (κ3) is 1.80. The predicted molar refractivity (Wildman–Crippen MR) is 53.2 cm³/mol. The van der Waals surface area contributed by atoms with Crippen LogP contribution in [0.4, 0.5) is 0 Å². The highest BCUT2D eigenvalue weighted by molar-refractivity contribution is 5.95. The highest BCUT2D eigenvalue weighted by Crippen LogP contribution is 2.23. The number of hydrogen-bond acceptors (Lipinski definition) is 2. The summed E-state index contributed by atoms with van der Waals surface area (Å²) in [6.07, 6.45) is 0.744. The molecule has 0 aliphatic heterocycles. The molecule has 0 aromatic heterocycles. The lowest BCUT2D eigenvalue weighted by atomic mass is 10.0. The molecule has 3 nitrogen and oxygen atoms in total. The van der Waals surface area contributed by atoms with E-state index in [4.69, 9.17) is 11.1 Å². The number of rotatable bonds is 2. The fourth-order valence-corrected chi connectivity index (χ4v) is 1.28. The molecule has 0 amide bonds. The molecule has 70 valence electrons. The molecule has 0 unspecified atom stereocenters. The molecule has 0 atom stereocenters. The second-order valence-electron chi connectivity index (χ2n) is 3.07. The van der Waals surface area contributed by atoms with Crippen LogP contribution in [0.25, 0.3) is 0 Å². The second-order valence-corrected chi connectivity index (χ2v) is 3.07. The van der Waals surface area contributed by atoms with Crippen molar-refractivity contribution in [3.8, 4) is 5.75 Å². The summed E-state index contributed by atoms with van der Waals surface area (Å²) < 4.78 is 0. The lowest BCUT2D eigenvalue weighted by Gasteiger charge is -2.07.